The lowest BCUT2D eigenvalue weighted by molar-refractivity contribution is -0.119. The number of amides is 3. The molecule has 1 unspecified atom stereocenters. The minimum absolute atomic E-state index is 0.0457. The van der Waals surface area contributed by atoms with E-state index in [2.05, 4.69) is 0 Å². The monoisotopic (exact) mass is 285 g/mol. The summed E-state index contributed by atoms with van der Waals surface area (Å²) in [6.45, 7) is 2.86. The molecule has 0 bridgehead atoms. The lowest BCUT2D eigenvalue weighted by Crippen LogP contribution is -2.43. The van der Waals surface area contributed by atoms with Crippen LogP contribution >= 0.6 is 0 Å². The van der Waals surface area contributed by atoms with Crippen molar-refractivity contribution in [3.63, 3.8) is 0 Å². The summed E-state index contributed by atoms with van der Waals surface area (Å²) in [6.07, 6.45) is 0. The number of carbonyl (C=O) groups is 2. The van der Waals surface area contributed by atoms with Gasteiger partial charge in [0, 0.05) is 0 Å². The predicted molar refractivity (Wildman–Crippen MR) is 70.0 cm³/mol. The molecule has 1 aromatic rings. The van der Waals surface area contributed by atoms with E-state index in [0.29, 0.717) is 5.56 Å². The fourth-order valence-corrected chi connectivity index (χ4v) is 2.91. The van der Waals surface area contributed by atoms with E-state index in [0.717, 1.165) is 6.92 Å². The van der Waals surface area contributed by atoms with Gasteiger partial charge in [0.05, 0.1) is 10.6 Å². The number of hydrogen-bond donors (Lipinski definition) is 3. The van der Waals surface area contributed by atoms with Crippen molar-refractivity contribution in [2.45, 2.75) is 24.0 Å². The van der Waals surface area contributed by atoms with Crippen LogP contribution in [-0.4, -0.2) is 25.6 Å². The van der Waals surface area contributed by atoms with Crippen LogP contribution in [0.15, 0.2) is 23.1 Å². The lowest BCUT2D eigenvalue weighted by atomic mass is 10.2. The van der Waals surface area contributed by atoms with Crippen LogP contribution in [0.5, 0.6) is 0 Å². The number of urea groups is 1. The smallest absolute Gasteiger partial charge is 0.318 e. The Morgan fingerprint density at radius 3 is 2.42 bits per heavy atom. The maximum atomic E-state index is 12.2. The first-order chi connectivity index (χ1) is 8.66. The zero-order chi connectivity index (χ0) is 14.8. The number of benzene rings is 1. The molecular formula is C11H15N3O4S. The zero-order valence-corrected chi connectivity index (χ0v) is 11.3. The molecule has 3 amide bonds. The maximum absolute atomic E-state index is 12.2. The van der Waals surface area contributed by atoms with E-state index in [1.165, 1.54) is 12.1 Å². The lowest BCUT2D eigenvalue weighted by Gasteiger charge is -2.14. The number of hydrogen-bond acceptors (Lipinski definition) is 5. The summed E-state index contributed by atoms with van der Waals surface area (Å²) in [6, 6.07) is 3.37. The van der Waals surface area contributed by atoms with Crippen LogP contribution in [0.3, 0.4) is 0 Å². The highest BCUT2D eigenvalue weighted by molar-refractivity contribution is 7.93. The molecule has 1 atom stereocenters. The summed E-state index contributed by atoms with van der Waals surface area (Å²) in [5, 5.41) is 0.264. The Morgan fingerprint density at radius 1 is 1.32 bits per heavy atom. The van der Waals surface area contributed by atoms with E-state index in [1.54, 1.807) is 18.3 Å². The molecular weight excluding hydrogens is 270 g/mol. The first kappa shape index (κ1) is 15.0. The summed E-state index contributed by atoms with van der Waals surface area (Å²) >= 11 is 0. The molecule has 0 spiro atoms. The van der Waals surface area contributed by atoms with Gasteiger partial charge in [0.1, 0.15) is 5.25 Å². The van der Waals surface area contributed by atoms with Crippen molar-refractivity contribution in [1.29, 1.82) is 0 Å². The Bertz CT molecular complexity index is 625. The number of primary amides is 1. The third kappa shape index (κ3) is 3.22. The van der Waals surface area contributed by atoms with Gasteiger partial charge in [-0.15, -0.1) is 0 Å². The first-order valence-corrected chi connectivity index (χ1v) is 6.91. The van der Waals surface area contributed by atoms with Crippen molar-refractivity contribution in [1.82, 2.24) is 5.32 Å². The molecule has 0 heterocycles. The summed E-state index contributed by atoms with van der Waals surface area (Å²) in [5.41, 5.74) is 11.1. The summed E-state index contributed by atoms with van der Waals surface area (Å²) in [5.74, 6) is -0.992. The van der Waals surface area contributed by atoms with E-state index >= 15 is 0 Å². The van der Waals surface area contributed by atoms with E-state index < -0.39 is 27.0 Å². The quantitative estimate of drug-likeness (QED) is 0.669. The standard InChI is InChI=1S/C11H15N3O4S/c1-6-3-4-8(12)9(5-6)19(17,18)7(2)10(15)14-11(13)16/h3-5,7H,12H2,1-2H3,(H3,13,14,15,16). The molecule has 0 aliphatic rings. The number of anilines is 1. The predicted octanol–water partition coefficient (Wildman–Crippen LogP) is -0.0657. The van der Waals surface area contributed by atoms with Gasteiger partial charge < -0.3 is 11.5 Å². The molecule has 7 nitrogen and oxygen atoms in total. The van der Waals surface area contributed by atoms with Gasteiger partial charge >= 0.3 is 6.03 Å². The van der Waals surface area contributed by atoms with Crippen molar-refractivity contribution in [2.24, 2.45) is 5.73 Å². The number of sulfone groups is 1. The van der Waals surface area contributed by atoms with Crippen LogP contribution in [0.25, 0.3) is 0 Å². The van der Waals surface area contributed by atoms with Crippen molar-refractivity contribution in [3.8, 4) is 0 Å². The second-order valence-electron chi connectivity index (χ2n) is 4.08. The second-order valence-corrected chi connectivity index (χ2v) is 6.32. The Balaban J connectivity index is 3.20. The maximum Gasteiger partial charge on any atom is 0.318 e. The minimum atomic E-state index is -3.98. The van der Waals surface area contributed by atoms with Crippen LogP contribution in [0, 0.1) is 6.92 Å². The molecule has 104 valence electrons. The van der Waals surface area contributed by atoms with Crippen LogP contribution < -0.4 is 16.8 Å². The minimum Gasteiger partial charge on any atom is -0.398 e. The molecule has 0 saturated carbocycles. The molecule has 19 heavy (non-hydrogen) atoms. The number of rotatable bonds is 3. The van der Waals surface area contributed by atoms with Crippen molar-refractivity contribution in [2.75, 3.05) is 5.73 Å². The molecule has 0 aliphatic heterocycles. The van der Waals surface area contributed by atoms with E-state index in [1.807, 2.05) is 0 Å². The van der Waals surface area contributed by atoms with E-state index in [4.69, 9.17) is 11.5 Å². The van der Waals surface area contributed by atoms with Gasteiger partial charge in [-0.1, -0.05) is 6.07 Å². The second kappa shape index (κ2) is 5.27. The Kier molecular flexibility index (Phi) is 4.15. The average Bonchev–Trinajstić information content (AvgIpc) is 2.30. The zero-order valence-electron chi connectivity index (χ0n) is 10.5. The molecule has 0 radical (unpaired) electrons. The van der Waals surface area contributed by atoms with Gasteiger partial charge in [-0.3, -0.25) is 10.1 Å². The van der Waals surface area contributed by atoms with Crippen molar-refractivity contribution in [3.05, 3.63) is 23.8 Å². The normalized spacial score (nSPS) is 12.7. The van der Waals surface area contributed by atoms with E-state index in [-0.39, 0.29) is 10.6 Å². The van der Waals surface area contributed by atoms with Crippen LogP contribution in [0.1, 0.15) is 12.5 Å². The highest BCUT2D eigenvalue weighted by Gasteiger charge is 2.31. The third-order valence-corrected chi connectivity index (χ3v) is 4.67. The average molecular weight is 285 g/mol. The van der Waals surface area contributed by atoms with Crippen LogP contribution in [-0.2, 0) is 14.6 Å². The van der Waals surface area contributed by atoms with Gasteiger partial charge in [0.15, 0.2) is 9.84 Å². The van der Waals surface area contributed by atoms with Gasteiger partial charge in [0.2, 0.25) is 5.91 Å². The SMILES string of the molecule is Cc1ccc(N)c(S(=O)(=O)C(C)C(=O)NC(N)=O)c1. The molecule has 0 saturated heterocycles. The highest BCUT2D eigenvalue weighted by atomic mass is 32.2. The number of aryl methyl sites for hydroxylation is 1. The molecule has 0 aromatic heterocycles. The summed E-state index contributed by atoms with van der Waals surface area (Å²) in [4.78, 5) is 22.0. The number of imide groups is 1. The molecule has 0 fully saturated rings. The summed E-state index contributed by atoms with van der Waals surface area (Å²) in [7, 11) is -3.98. The number of carbonyl (C=O) groups excluding carboxylic acids is 2. The van der Waals surface area contributed by atoms with Crippen LogP contribution in [0.4, 0.5) is 10.5 Å². The van der Waals surface area contributed by atoms with Gasteiger partial charge in [-0.25, -0.2) is 13.2 Å². The fraction of sp³-hybridized carbons (Fsp3) is 0.273. The van der Waals surface area contributed by atoms with Gasteiger partial charge in [0.25, 0.3) is 0 Å². The van der Waals surface area contributed by atoms with E-state index in [9.17, 15) is 18.0 Å². The Hall–Kier alpha value is -2.09. The Labute approximate surface area is 110 Å². The molecule has 0 aliphatic carbocycles. The Morgan fingerprint density at radius 2 is 1.89 bits per heavy atom. The topological polar surface area (TPSA) is 132 Å². The molecule has 1 aromatic carbocycles. The number of nitrogens with one attached hydrogen (secondary N) is 1. The van der Waals surface area contributed by atoms with Crippen molar-refractivity contribution < 1.29 is 18.0 Å². The molecule has 5 N–H and O–H groups in total. The van der Waals surface area contributed by atoms with Gasteiger partial charge in [-0.05, 0) is 31.5 Å². The largest absolute Gasteiger partial charge is 0.398 e. The van der Waals surface area contributed by atoms with Gasteiger partial charge in [-0.2, -0.15) is 0 Å². The summed E-state index contributed by atoms with van der Waals surface area (Å²) < 4.78 is 24.5. The molecule has 1 rings (SSSR count). The fourth-order valence-electron chi connectivity index (χ4n) is 1.44. The first-order valence-electron chi connectivity index (χ1n) is 5.36. The molecule has 8 heteroatoms. The number of nitrogens with two attached hydrogens (primary N) is 2. The van der Waals surface area contributed by atoms with Crippen LogP contribution in [0.2, 0.25) is 0 Å². The third-order valence-electron chi connectivity index (χ3n) is 2.56. The number of nitrogen functional groups attached to an aromatic ring is 1. The highest BCUT2D eigenvalue weighted by Crippen LogP contribution is 2.24. The van der Waals surface area contributed by atoms with Crippen molar-refractivity contribution >= 4 is 27.5 Å².